The summed E-state index contributed by atoms with van der Waals surface area (Å²) in [7, 11) is 1.77. The highest BCUT2D eigenvalue weighted by Gasteiger charge is 2.26. The summed E-state index contributed by atoms with van der Waals surface area (Å²) in [5, 5.41) is 4.09. The van der Waals surface area contributed by atoms with Crippen molar-refractivity contribution in [3.8, 4) is 0 Å². The van der Waals surface area contributed by atoms with Crippen molar-refractivity contribution in [2.24, 2.45) is 7.05 Å². The van der Waals surface area contributed by atoms with Gasteiger partial charge in [0.1, 0.15) is 5.69 Å². The van der Waals surface area contributed by atoms with Crippen molar-refractivity contribution in [2.45, 2.75) is 6.92 Å². The van der Waals surface area contributed by atoms with Gasteiger partial charge in [0.05, 0.1) is 6.61 Å². The smallest absolute Gasteiger partial charge is 0.409 e. The van der Waals surface area contributed by atoms with Crippen LogP contribution in [0.4, 0.5) is 4.79 Å². The fraction of sp³-hybridized carbons (Fsp3) is 0.583. The number of hydrogen-bond donors (Lipinski definition) is 0. The number of nitrogens with zero attached hydrogens (tertiary/aromatic N) is 4. The minimum absolute atomic E-state index is 0.0934. The predicted octanol–water partition coefficient (Wildman–Crippen LogP) is 0.334. The average Bonchev–Trinajstić information content (AvgIpc) is 2.85. The highest BCUT2D eigenvalue weighted by molar-refractivity contribution is 5.92. The van der Waals surface area contributed by atoms with Gasteiger partial charge in [-0.3, -0.25) is 9.48 Å². The fourth-order valence-electron chi connectivity index (χ4n) is 2.00. The summed E-state index contributed by atoms with van der Waals surface area (Å²) in [6.07, 6.45) is 1.43. The van der Waals surface area contributed by atoms with Gasteiger partial charge in [0, 0.05) is 39.4 Å². The zero-order valence-corrected chi connectivity index (χ0v) is 11.2. The van der Waals surface area contributed by atoms with Crippen molar-refractivity contribution >= 4 is 12.0 Å². The van der Waals surface area contributed by atoms with Gasteiger partial charge in [0.25, 0.3) is 5.91 Å². The van der Waals surface area contributed by atoms with Crippen molar-refractivity contribution in [3.05, 3.63) is 18.0 Å². The van der Waals surface area contributed by atoms with E-state index in [4.69, 9.17) is 4.74 Å². The summed E-state index contributed by atoms with van der Waals surface area (Å²) in [5.74, 6) is -0.0934. The zero-order chi connectivity index (χ0) is 13.8. The van der Waals surface area contributed by atoms with E-state index >= 15 is 0 Å². The van der Waals surface area contributed by atoms with E-state index in [0.29, 0.717) is 38.5 Å². The molecule has 0 spiro atoms. The Balaban J connectivity index is 1.89. The quantitative estimate of drug-likeness (QED) is 0.774. The van der Waals surface area contributed by atoms with Crippen LogP contribution in [0.2, 0.25) is 0 Å². The van der Waals surface area contributed by atoms with E-state index < -0.39 is 0 Å². The number of rotatable bonds is 2. The second-order valence-corrected chi connectivity index (χ2v) is 4.35. The maximum Gasteiger partial charge on any atom is 0.409 e. The van der Waals surface area contributed by atoms with Crippen LogP contribution in [0.5, 0.6) is 0 Å². The Labute approximate surface area is 111 Å². The number of aryl methyl sites for hydroxylation is 1. The number of ether oxygens (including phenoxy) is 1. The molecule has 104 valence electrons. The van der Waals surface area contributed by atoms with Gasteiger partial charge in [-0.05, 0) is 13.0 Å². The van der Waals surface area contributed by atoms with Crippen LogP contribution in [-0.4, -0.2) is 64.4 Å². The highest BCUT2D eigenvalue weighted by Crippen LogP contribution is 2.08. The van der Waals surface area contributed by atoms with Crippen molar-refractivity contribution < 1.29 is 14.3 Å². The third kappa shape index (κ3) is 3.04. The Bertz CT molecular complexity index is 463. The predicted molar refractivity (Wildman–Crippen MR) is 67.7 cm³/mol. The topological polar surface area (TPSA) is 67.7 Å². The van der Waals surface area contributed by atoms with Crippen LogP contribution in [0.3, 0.4) is 0 Å². The maximum absolute atomic E-state index is 12.1. The molecular formula is C12H18N4O3. The molecule has 1 aliphatic heterocycles. The Kier molecular flexibility index (Phi) is 4.03. The molecule has 0 radical (unpaired) electrons. The third-order valence-corrected chi connectivity index (χ3v) is 3.03. The van der Waals surface area contributed by atoms with E-state index in [-0.39, 0.29) is 12.0 Å². The van der Waals surface area contributed by atoms with E-state index in [1.165, 1.54) is 0 Å². The molecule has 0 aromatic carbocycles. The first-order chi connectivity index (χ1) is 9.11. The first-order valence-electron chi connectivity index (χ1n) is 6.32. The van der Waals surface area contributed by atoms with Gasteiger partial charge in [-0.15, -0.1) is 0 Å². The van der Waals surface area contributed by atoms with Crippen LogP contribution in [0, 0.1) is 0 Å². The minimum Gasteiger partial charge on any atom is -0.450 e. The van der Waals surface area contributed by atoms with E-state index in [2.05, 4.69) is 5.10 Å². The molecule has 1 aromatic heterocycles. The molecule has 1 fully saturated rings. The lowest BCUT2D eigenvalue weighted by Gasteiger charge is -2.33. The summed E-state index contributed by atoms with van der Waals surface area (Å²) < 4.78 is 6.53. The van der Waals surface area contributed by atoms with Crippen LogP contribution in [0.15, 0.2) is 12.3 Å². The summed E-state index contributed by atoms with van der Waals surface area (Å²) in [6, 6.07) is 1.69. The molecule has 1 saturated heterocycles. The van der Waals surface area contributed by atoms with E-state index in [1.807, 2.05) is 0 Å². The maximum atomic E-state index is 12.1. The van der Waals surface area contributed by atoms with E-state index in [1.54, 1.807) is 40.7 Å². The monoisotopic (exact) mass is 266 g/mol. The fourth-order valence-corrected chi connectivity index (χ4v) is 2.00. The molecule has 1 aliphatic rings. The Hall–Kier alpha value is -2.05. The Morgan fingerprint density at radius 3 is 2.42 bits per heavy atom. The van der Waals surface area contributed by atoms with Gasteiger partial charge in [0.15, 0.2) is 0 Å². The molecule has 0 bridgehead atoms. The van der Waals surface area contributed by atoms with Crippen molar-refractivity contribution in [3.63, 3.8) is 0 Å². The first-order valence-corrected chi connectivity index (χ1v) is 6.32. The lowest BCUT2D eigenvalue weighted by atomic mass is 10.3. The molecular weight excluding hydrogens is 248 g/mol. The summed E-state index contributed by atoms with van der Waals surface area (Å²) >= 11 is 0. The number of piperazine rings is 1. The molecule has 2 rings (SSSR count). The second-order valence-electron chi connectivity index (χ2n) is 4.35. The summed E-state index contributed by atoms with van der Waals surface area (Å²) in [6.45, 7) is 4.15. The summed E-state index contributed by atoms with van der Waals surface area (Å²) in [5.41, 5.74) is 0.437. The van der Waals surface area contributed by atoms with Gasteiger partial charge in [-0.1, -0.05) is 0 Å². The number of carbonyl (C=O) groups is 2. The number of carbonyl (C=O) groups excluding carboxylic acids is 2. The molecule has 2 heterocycles. The van der Waals surface area contributed by atoms with Gasteiger partial charge in [-0.2, -0.15) is 5.10 Å². The van der Waals surface area contributed by atoms with E-state index in [0.717, 1.165) is 0 Å². The number of aromatic nitrogens is 2. The van der Waals surface area contributed by atoms with E-state index in [9.17, 15) is 9.59 Å². The van der Waals surface area contributed by atoms with Crippen molar-refractivity contribution in [2.75, 3.05) is 32.8 Å². The molecule has 0 saturated carbocycles. The molecule has 0 atom stereocenters. The SMILES string of the molecule is CCOC(=O)N1CCN(C(=O)c2ccn(C)n2)CC1. The molecule has 19 heavy (non-hydrogen) atoms. The highest BCUT2D eigenvalue weighted by atomic mass is 16.6. The van der Waals surface area contributed by atoms with Crippen LogP contribution < -0.4 is 0 Å². The lowest BCUT2D eigenvalue weighted by Crippen LogP contribution is -2.50. The Morgan fingerprint density at radius 1 is 1.26 bits per heavy atom. The number of amides is 2. The van der Waals surface area contributed by atoms with Gasteiger partial charge >= 0.3 is 6.09 Å². The van der Waals surface area contributed by atoms with Crippen LogP contribution in [0.25, 0.3) is 0 Å². The second kappa shape index (κ2) is 5.73. The van der Waals surface area contributed by atoms with Crippen molar-refractivity contribution in [1.82, 2.24) is 19.6 Å². The number of hydrogen-bond acceptors (Lipinski definition) is 4. The first kappa shape index (κ1) is 13.4. The Morgan fingerprint density at radius 2 is 1.89 bits per heavy atom. The summed E-state index contributed by atoms with van der Waals surface area (Å²) in [4.78, 5) is 27.0. The van der Waals surface area contributed by atoms with Gasteiger partial charge < -0.3 is 14.5 Å². The van der Waals surface area contributed by atoms with Crippen LogP contribution >= 0.6 is 0 Å². The lowest BCUT2D eigenvalue weighted by molar-refractivity contribution is 0.0565. The van der Waals surface area contributed by atoms with Crippen LogP contribution in [-0.2, 0) is 11.8 Å². The molecule has 2 amide bonds. The molecule has 0 unspecified atom stereocenters. The molecule has 7 nitrogen and oxygen atoms in total. The standard InChI is InChI=1S/C12H18N4O3/c1-3-19-12(18)16-8-6-15(7-9-16)11(17)10-4-5-14(2)13-10/h4-5H,3,6-9H2,1-2H3. The van der Waals surface area contributed by atoms with Crippen molar-refractivity contribution in [1.29, 1.82) is 0 Å². The zero-order valence-electron chi connectivity index (χ0n) is 11.2. The largest absolute Gasteiger partial charge is 0.450 e. The molecule has 7 heteroatoms. The van der Waals surface area contributed by atoms with Gasteiger partial charge in [0.2, 0.25) is 0 Å². The normalized spacial score (nSPS) is 15.5. The molecule has 0 N–H and O–H groups in total. The van der Waals surface area contributed by atoms with Crippen LogP contribution in [0.1, 0.15) is 17.4 Å². The average molecular weight is 266 g/mol. The van der Waals surface area contributed by atoms with Gasteiger partial charge in [-0.25, -0.2) is 4.79 Å². The molecule has 0 aliphatic carbocycles. The minimum atomic E-state index is -0.313. The third-order valence-electron chi connectivity index (χ3n) is 3.03. The molecule has 1 aromatic rings.